The van der Waals surface area contributed by atoms with Crippen molar-refractivity contribution in [3.05, 3.63) is 60.2 Å². The summed E-state index contributed by atoms with van der Waals surface area (Å²) in [6.07, 6.45) is 0.136. The highest BCUT2D eigenvalue weighted by Crippen LogP contribution is 2.26. The molecule has 0 saturated heterocycles. The smallest absolute Gasteiger partial charge is 0.219 e. The lowest BCUT2D eigenvalue weighted by Crippen LogP contribution is -2.23. The molecule has 0 fully saturated rings. The molecule has 0 radical (unpaired) electrons. The van der Waals surface area contributed by atoms with Crippen molar-refractivity contribution in [2.24, 2.45) is 0 Å². The van der Waals surface area contributed by atoms with Crippen LogP contribution in [0.4, 0.5) is 0 Å². The lowest BCUT2D eigenvalue weighted by atomic mass is 10.1. The summed E-state index contributed by atoms with van der Waals surface area (Å²) < 4.78 is 11.5. The van der Waals surface area contributed by atoms with Gasteiger partial charge in [0, 0.05) is 18.4 Å². The van der Waals surface area contributed by atoms with Crippen LogP contribution in [0.1, 0.15) is 39.3 Å². The van der Waals surface area contributed by atoms with E-state index in [0.717, 1.165) is 22.2 Å². The van der Waals surface area contributed by atoms with Crippen molar-refractivity contribution in [3.63, 3.8) is 0 Å². The minimum absolute atomic E-state index is 0.0469. The molecule has 0 bridgehead atoms. The fourth-order valence-electron chi connectivity index (χ4n) is 2.82. The Kier molecular flexibility index (Phi) is 5.60. The third-order valence-corrected chi connectivity index (χ3v) is 4.03. The zero-order valence-electron chi connectivity index (χ0n) is 16.0. The number of nitrogens with zero attached hydrogens (tertiary/aromatic N) is 1. The average molecular weight is 364 g/mol. The predicted molar refractivity (Wildman–Crippen MR) is 106 cm³/mol. The number of ether oxygens (including phenoxy) is 2. The van der Waals surface area contributed by atoms with E-state index in [0.29, 0.717) is 11.6 Å². The van der Waals surface area contributed by atoms with Gasteiger partial charge in [0.1, 0.15) is 11.5 Å². The van der Waals surface area contributed by atoms with Gasteiger partial charge in [-0.1, -0.05) is 6.07 Å². The number of pyridine rings is 1. The minimum Gasteiger partial charge on any atom is -0.491 e. The van der Waals surface area contributed by atoms with E-state index >= 15 is 0 Å². The van der Waals surface area contributed by atoms with E-state index in [-0.39, 0.29) is 18.1 Å². The highest BCUT2D eigenvalue weighted by molar-refractivity contribution is 5.80. The van der Waals surface area contributed by atoms with E-state index in [2.05, 4.69) is 10.3 Å². The molecule has 3 rings (SSSR count). The van der Waals surface area contributed by atoms with Crippen LogP contribution in [0.5, 0.6) is 17.4 Å². The summed E-state index contributed by atoms with van der Waals surface area (Å²) >= 11 is 0. The van der Waals surface area contributed by atoms with Crippen LogP contribution in [-0.2, 0) is 4.79 Å². The number of fused-ring (bicyclic) bond motifs is 1. The Morgan fingerprint density at radius 1 is 0.963 bits per heavy atom. The Balaban J connectivity index is 1.75. The Hall–Kier alpha value is -3.08. The third kappa shape index (κ3) is 4.97. The maximum Gasteiger partial charge on any atom is 0.219 e. The first kappa shape index (κ1) is 18.7. The monoisotopic (exact) mass is 364 g/mol. The molecule has 3 aromatic rings. The van der Waals surface area contributed by atoms with Gasteiger partial charge in [-0.2, -0.15) is 0 Å². The summed E-state index contributed by atoms with van der Waals surface area (Å²) in [6.45, 7) is 7.46. The summed E-state index contributed by atoms with van der Waals surface area (Å²) in [5.74, 6) is 2.00. The molecule has 0 aliphatic rings. The second kappa shape index (κ2) is 8.08. The van der Waals surface area contributed by atoms with Crippen molar-refractivity contribution in [2.45, 2.75) is 39.8 Å². The zero-order chi connectivity index (χ0) is 19.4. The van der Waals surface area contributed by atoms with E-state index in [1.54, 1.807) is 0 Å². The summed E-state index contributed by atoms with van der Waals surface area (Å²) in [5.41, 5.74) is 1.87. The second-order valence-corrected chi connectivity index (χ2v) is 6.76. The summed E-state index contributed by atoms with van der Waals surface area (Å²) in [5, 5.41) is 3.89. The molecule has 1 N–H and O–H groups in total. The van der Waals surface area contributed by atoms with E-state index in [1.165, 1.54) is 6.92 Å². The number of benzene rings is 2. The van der Waals surface area contributed by atoms with Gasteiger partial charge in [-0.25, -0.2) is 4.98 Å². The fourth-order valence-corrected chi connectivity index (χ4v) is 2.82. The van der Waals surface area contributed by atoms with Crippen LogP contribution >= 0.6 is 0 Å². The van der Waals surface area contributed by atoms with Crippen LogP contribution in [-0.4, -0.2) is 17.0 Å². The van der Waals surface area contributed by atoms with Crippen molar-refractivity contribution in [1.29, 1.82) is 0 Å². The molecule has 1 amide bonds. The van der Waals surface area contributed by atoms with Crippen molar-refractivity contribution in [2.75, 3.05) is 0 Å². The van der Waals surface area contributed by atoms with Crippen LogP contribution in [0, 0.1) is 0 Å². The standard InChI is InChI=1S/C22H24N2O3/c1-14(2)26-19-7-9-20(10-8-19)27-22-12-6-18-13-17(5-11-21(18)24-22)15(3)23-16(4)25/h5-15H,1-4H3,(H,23,25). The Labute approximate surface area is 159 Å². The van der Waals surface area contributed by atoms with Gasteiger partial charge in [-0.05, 0) is 68.8 Å². The first-order chi connectivity index (χ1) is 12.9. The molecule has 5 heteroatoms. The molecular weight excluding hydrogens is 340 g/mol. The van der Waals surface area contributed by atoms with Gasteiger partial charge in [0.15, 0.2) is 0 Å². The first-order valence-electron chi connectivity index (χ1n) is 9.03. The fraction of sp³-hybridized carbons (Fsp3) is 0.273. The van der Waals surface area contributed by atoms with E-state index in [4.69, 9.17) is 9.47 Å². The number of nitrogens with one attached hydrogen (secondary N) is 1. The summed E-state index contributed by atoms with van der Waals surface area (Å²) in [4.78, 5) is 15.8. The number of aromatic nitrogens is 1. The maximum absolute atomic E-state index is 11.2. The minimum atomic E-state index is -0.0470. The zero-order valence-corrected chi connectivity index (χ0v) is 16.0. The molecule has 1 aromatic heterocycles. The quantitative estimate of drug-likeness (QED) is 0.668. The summed E-state index contributed by atoms with van der Waals surface area (Å²) in [6, 6.07) is 17.2. The molecule has 5 nitrogen and oxygen atoms in total. The van der Waals surface area contributed by atoms with Crippen molar-refractivity contribution in [1.82, 2.24) is 10.3 Å². The predicted octanol–water partition coefficient (Wildman–Crippen LogP) is 5.01. The van der Waals surface area contributed by atoms with Gasteiger partial charge in [-0.15, -0.1) is 0 Å². The molecule has 2 aromatic carbocycles. The van der Waals surface area contributed by atoms with E-state index in [1.807, 2.05) is 75.4 Å². The SMILES string of the molecule is CC(=O)NC(C)c1ccc2nc(Oc3ccc(OC(C)C)cc3)ccc2c1. The van der Waals surface area contributed by atoms with Crippen LogP contribution < -0.4 is 14.8 Å². The molecule has 140 valence electrons. The molecule has 0 spiro atoms. The molecule has 0 saturated carbocycles. The number of rotatable bonds is 6. The third-order valence-electron chi connectivity index (χ3n) is 4.03. The second-order valence-electron chi connectivity index (χ2n) is 6.76. The van der Waals surface area contributed by atoms with Gasteiger partial charge in [0.25, 0.3) is 0 Å². The van der Waals surface area contributed by atoms with Gasteiger partial charge in [-0.3, -0.25) is 4.79 Å². The Morgan fingerprint density at radius 2 is 1.67 bits per heavy atom. The molecular formula is C22H24N2O3. The number of hydrogen-bond donors (Lipinski definition) is 1. The molecule has 27 heavy (non-hydrogen) atoms. The van der Waals surface area contributed by atoms with E-state index < -0.39 is 0 Å². The van der Waals surface area contributed by atoms with Crippen LogP contribution in [0.25, 0.3) is 10.9 Å². The van der Waals surface area contributed by atoms with Crippen LogP contribution in [0.2, 0.25) is 0 Å². The highest BCUT2D eigenvalue weighted by Gasteiger charge is 2.09. The first-order valence-corrected chi connectivity index (χ1v) is 9.03. The Morgan fingerprint density at radius 3 is 2.33 bits per heavy atom. The number of carbonyl (C=O) groups is 1. The molecule has 0 aliphatic carbocycles. The number of hydrogen-bond acceptors (Lipinski definition) is 4. The number of carbonyl (C=O) groups excluding carboxylic acids is 1. The maximum atomic E-state index is 11.2. The molecule has 1 unspecified atom stereocenters. The van der Waals surface area contributed by atoms with Crippen molar-refractivity contribution >= 4 is 16.8 Å². The molecule has 0 aliphatic heterocycles. The topological polar surface area (TPSA) is 60.5 Å². The lowest BCUT2D eigenvalue weighted by molar-refractivity contribution is -0.119. The van der Waals surface area contributed by atoms with E-state index in [9.17, 15) is 4.79 Å². The van der Waals surface area contributed by atoms with Crippen LogP contribution in [0.15, 0.2) is 54.6 Å². The normalized spacial score (nSPS) is 12.0. The highest BCUT2D eigenvalue weighted by atomic mass is 16.5. The van der Waals surface area contributed by atoms with Gasteiger partial charge >= 0.3 is 0 Å². The van der Waals surface area contributed by atoms with Gasteiger partial charge < -0.3 is 14.8 Å². The van der Waals surface area contributed by atoms with Crippen molar-refractivity contribution < 1.29 is 14.3 Å². The van der Waals surface area contributed by atoms with Gasteiger partial charge in [0.2, 0.25) is 11.8 Å². The average Bonchev–Trinajstić information content (AvgIpc) is 2.62. The van der Waals surface area contributed by atoms with Gasteiger partial charge in [0.05, 0.1) is 17.7 Å². The lowest BCUT2D eigenvalue weighted by Gasteiger charge is -2.14. The van der Waals surface area contributed by atoms with Crippen molar-refractivity contribution in [3.8, 4) is 17.4 Å². The number of amides is 1. The summed E-state index contributed by atoms with van der Waals surface area (Å²) in [7, 11) is 0. The molecule has 1 heterocycles. The molecule has 1 atom stereocenters. The van der Waals surface area contributed by atoms with Crippen LogP contribution in [0.3, 0.4) is 0 Å². The Bertz CT molecular complexity index is 936. The largest absolute Gasteiger partial charge is 0.491 e.